The Kier molecular flexibility index (Phi) is 5.93. The zero-order valence-corrected chi connectivity index (χ0v) is 17.8. The zero-order chi connectivity index (χ0) is 20.4. The normalized spacial score (nSPS) is 12.5. The molecule has 0 aliphatic heterocycles. The third-order valence-electron chi connectivity index (χ3n) is 5.13. The first kappa shape index (κ1) is 20.2. The van der Waals surface area contributed by atoms with E-state index in [1.165, 1.54) is 11.3 Å². The van der Waals surface area contributed by atoms with Crippen molar-refractivity contribution < 1.29 is 4.79 Å². The summed E-state index contributed by atoms with van der Waals surface area (Å²) in [6, 6.07) is 3.84. The largest absolute Gasteiger partial charge is 0.338 e. The molecule has 0 radical (unpaired) electrons. The quantitative estimate of drug-likeness (QED) is 0.685. The number of hydrogen-bond donors (Lipinski definition) is 1. The van der Waals surface area contributed by atoms with Crippen molar-refractivity contribution in [2.75, 3.05) is 7.05 Å². The summed E-state index contributed by atoms with van der Waals surface area (Å²) in [6.07, 6.45) is 4.23. The van der Waals surface area contributed by atoms with Gasteiger partial charge in [-0.05, 0) is 37.0 Å². The molecular formula is C21H26N4O2S. The van der Waals surface area contributed by atoms with Gasteiger partial charge >= 0.3 is 0 Å². The van der Waals surface area contributed by atoms with Crippen LogP contribution in [0.1, 0.15) is 48.1 Å². The van der Waals surface area contributed by atoms with Crippen molar-refractivity contribution in [3.63, 3.8) is 0 Å². The Morgan fingerprint density at radius 2 is 2.07 bits per heavy atom. The Balaban J connectivity index is 1.76. The van der Waals surface area contributed by atoms with Crippen molar-refractivity contribution in [2.24, 2.45) is 5.92 Å². The Morgan fingerprint density at radius 3 is 2.71 bits per heavy atom. The molecule has 148 valence electrons. The highest BCUT2D eigenvalue weighted by Crippen LogP contribution is 2.28. The van der Waals surface area contributed by atoms with Crippen LogP contribution in [0, 0.1) is 19.8 Å². The number of aryl methyl sites for hydroxylation is 3. The zero-order valence-electron chi connectivity index (χ0n) is 16.9. The van der Waals surface area contributed by atoms with Crippen LogP contribution in [0.2, 0.25) is 0 Å². The number of H-pyrrole nitrogens is 1. The van der Waals surface area contributed by atoms with E-state index in [1.54, 1.807) is 11.1 Å². The molecule has 0 aliphatic carbocycles. The molecule has 0 saturated carbocycles. The minimum absolute atomic E-state index is 0.0174. The Labute approximate surface area is 168 Å². The van der Waals surface area contributed by atoms with Gasteiger partial charge in [-0.25, -0.2) is 4.98 Å². The number of thiophene rings is 1. The first-order valence-electron chi connectivity index (χ1n) is 9.44. The highest BCUT2D eigenvalue weighted by molar-refractivity contribution is 7.18. The average Bonchev–Trinajstić information content (AvgIpc) is 2.94. The fourth-order valence-electron chi connectivity index (χ4n) is 3.58. The maximum Gasteiger partial charge on any atom is 0.259 e. The molecule has 0 spiro atoms. The van der Waals surface area contributed by atoms with Crippen LogP contribution in [0.15, 0.2) is 29.3 Å². The van der Waals surface area contributed by atoms with Gasteiger partial charge in [0, 0.05) is 37.2 Å². The van der Waals surface area contributed by atoms with E-state index in [-0.39, 0.29) is 29.8 Å². The van der Waals surface area contributed by atoms with E-state index >= 15 is 0 Å². The minimum Gasteiger partial charge on any atom is -0.338 e. The number of aromatic nitrogens is 3. The molecule has 0 fully saturated rings. The van der Waals surface area contributed by atoms with Gasteiger partial charge in [0.2, 0.25) is 5.91 Å². The predicted molar refractivity (Wildman–Crippen MR) is 113 cm³/mol. The van der Waals surface area contributed by atoms with Gasteiger partial charge in [0.05, 0.1) is 11.4 Å². The second-order valence-corrected chi connectivity index (χ2v) is 8.66. The minimum atomic E-state index is -0.127. The Morgan fingerprint density at radius 1 is 1.32 bits per heavy atom. The predicted octanol–water partition coefficient (Wildman–Crippen LogP) is 3.78. The standard InChI is InChI=1S/C21H26N4O2S/c1-12(2)19(15-7-6-10-22-11-15)25(5)17(26)9-8-16-23-20(27)18-13(3)14(4)28-21(18)24-16/h6-7,10-12,19H,8-9H2,1-5H3,(H,23,24,27). The monoisotopic (exact) mass is 398 g/mol. The Hall–Kier alpha value is -2.54. The Bertz CT molecular complexity index is 1040. The maximum atomic E-state index is 12.8. The van der Waals surface area contributed by atoms with Crippen LogP contribution in [0.3, 0.4) is 0 Å². The number of amides is 1. The molecule has 3 aromatic rings. The number of nitrogens with zero attached hydrogens (tertiary/aromatic N) is 3. The lowest BCUT2D eigenvalue weighted by Gasteiger charge is -2.31. The second kappa shape index (κ2) is 8.22. The highest BCUT2D eigenvalue weighted by Gasteiger charge is 2.25. The molecule has 3 rings (SSSR count). The average molecular weight is 399 g/mol. The molecule has 1 atom stereocenters. The lowest BCUT2D eigenvalue weighted by Crippen LogP contribution is -2.34. The van der Waals surface area contributed by atoms with E-state index in [9.17, 15) is 9.59 Å². The summed E-state index contributed by atoms with van der Waals surface area (Å²) in [5, 5.41) is 0.658. The van der Waals surface area contributed by atoms with Crippen LogP contribution in [0.5, 0.6) is 0 Å². The van der Waals surface area contributed by atoms with Crippen LogP contribution in [0.25, 0.3) is 10.2 Å². The topological polar surface area (TPSA) is 79.0 Å². The molecule has 1 N–H and O–H groups in total. The summed E-state index contributed by atoms with van der Waals surface area (Å²) in [4.78, 5) is 40.4. The maximum absolute atomic E-state index is 12.8. The highest BCUT2D eigenvalue weighted by atomic mass is 32.1. The summed E-state index contributed by atoms with van der Waals surface area (Å²) < 4.78 is 0. The van der Waals surface area contributed by atoms with Crippen molar-refractivity contribution in [1.29, 1.82) is 0 Å². The lowest BCUT2D eigenvalue weighted by atomic mass is 9.95. The van der Waals surface area contributed by atoms with Crippen molar-refractivity contribution in [2.45, 2.75) is 46.6 Å². The van der Waals surface area contributed by atoms with E-state index in [4.69, 9.17) is 0 Å². The molecule has 0 aromatic carbocycles. The van der Waals surface area contributed by atoms with E-state index in [2.05, 4.69) is 28.8 Å². The van der Waals surface area contributed by atoms with Gasteiger partial charge in [0.15, 0.2) is 0 Å². The summed E-state index contributed by atoms with van der Waals surface area (Å²) >= 11 is 1.52. The van der Waals surface area contributed by atoms with E-state index in [1.807, 2.05) is 39.2 Å². The number of carbonyl (C=O) groups is 1. The number of fused-ring (bicyclic) bond motifs is 1. The smallest absolute Gasteiger partial charge is 0.259 e. The number of pyridine rings is 1. The molecular weight excluding hydrogens is 372 g/mol. The van der Waals surface area contributed by atoms with Crippen molar-refractivity contribution in [3.8, 4) is 0 Å². The summed E-state index contributed by atoms with van der Waals surface area (Å²) in [6.45, 7) is 8.11. The molecule has 1 unspecified atom stereocenters. The van der Waals surface area contributed by atoms with Crippen LogP contribution < -0.4 is 5.56 Å². The van der Waals surface area contributed by atoms with Crippen molar-refractivity contribution >= 4 is 27.5 Å². The first-order chi connectivity index (χ1) is 13.3. The number of nitrogens with one attached hydrogen (secondary N) is 1. The van der Waals surface area contributed by atoms with Gasteiger partial charge in [-0.2, -0.15) is 0 Å². The van der Waals surface area contributed by atoms with Crippen LogP contribution in [0.4, 0.5) is 0 Å². The number of hydrogen-bond acceptors (Lipinski definition) is 5. The van der Waals surface area contributed by atoms with E-state index in [0.29, 0.717) is 17.6 Å². The van der Waals surface area contributed by atoms with Gasteiger partial charge in [-0.3, -0.25) is 14.6 Å². The fourth-order valence-corrected chi connectivity index (χ4v) is 4.63. The molecule has 3 aromatic heterocycles. The van der Waals surface area contributed by atoms with Crippen LogP contribution in [-0.4, -0.2) is 32.8 Å². The van der Waals surface area contributed by atoms with E-state index in [0.717, 1.165) is 20.8 Å². The van der Waals surface area contributed by atoms with Gasteiger partial charge in [-0.1, -0.05) is 19.9 Å². The lowest BCUT2D eigenvalue weighted by molar-refractivity contribution is -0.133. The molecule has 0 bridgehead atoms. The first-order valence-corrected chi connectivity index (χ1v) is 10.3. The number of aromatic amines is 1. The molecule has 1 amide bonds. The molecule has 28 heavy (non-hydrogen) atoms. The van der Waals surface area contributed by atoms with Crippen molar-refractivity contribution in [3.05, 3.63) is 56.7 Å². The molecule has 3 heterocycles. The molecule has 6 nitrogen and oxygen atoms in total. The van der Waals surface area contributed by atoms with E-state index < -0.39 is 0 Å². The van der Waals surface area contributed by atoms with Gasteiger partial charge < -0.3 is 9.88 Å². The van der Waals surface area contributed by atoms with Gasteiger partial charge in [-0.15, -0.1) is 11.3 Å². The number of rotatable bonds is 6. The third kappa shape index (κ3) is 3.99. The summed E-state index contributed by atoms with van der Waals surface area (Å²) in [7, 11) is 1.82. The third-order valence-corrected chi connectivity index (χ3v) is 6.23. The molecule has 7 heteroatoms. The summed E-state index contributed by atoms with van der Waals surface area (Å²) in [5.41, 5.74) is 1.87. The van der Waals surface area contributed by atoms with Crippen LogP contribution >= 0.6 is 11.3 Å². The summed E-state index contributed by atoms with van der Waals surface area (Å²) in [5.74, 6) is 0.830. The van der Waals surface area contributed by atoms with Crippen LogP contribution in [-0.2, 0) is 11.2 Å². The molecule has 0 saturated heterocycles. The van der Waals surface area contributed by atoms with Gasteiger partial charge in [0.25, 0.3) is 5.56 Å². The SMILES string of the molecule is Cc1sc2nc(CCC(=O)N(C)C(c3cccnc3)C(C)C)[nH]c(=O)c2c1C. The van der Waals surface area contributed by atoms with Gasteiger partial charge in [0.1, 0.15) is 10.7 Å². The van der Waals surface area contributed by atoms with Crippen molar-refractivity contribution in [1.82, 2.24) is 19.9 Å². The number of carbonyl (C=O) groups excluding carboxylic acids is 1. The second-order valence-electron chi connectivity index (χ2n) is 7.46. The fraction of sp³-hybridized carbons (Fsp3) is 0.429. The molecule has 0 aliphatic rings.